The summed E-state index contributed by atoms with van der Waals surface area (Å²) in [6.07, 6.45) is 1.16. The molecule has 3 aromatic rings. The van der Waals surface area contributed by atoms with Gasteiger partial charge in [-0.1, -0.05) is 48.0 Å². The number of ether oxygens (including phenoxy) is 1. The molecule has 0 aliphatic heterocycles. The number of carbonyl (C=O) groups excluding carboxylic acids is 1. The molecule has 25 heavy (non-hydrogen) atoms. The van der Waals surface area contributed by atoms with Gasteiger partial charge in [0.05, 0.1) is 6.54 Å². The van der Waals surface area contributed by atoms with E-state index in [9.17, 15) is 4.79 Å². The Bertz CT molecular complexity index is 849. The van der Waals surface area contributed by atoms with Gasteiger partial charge in [0.25, 0.3) is 5.91 Å². The number of nitrogens with one attached hydrogen (secondary N) is 1. The first-order valence-electron chi connectivity index (χ1n) is 7.90. The highest BCUT2D eigenvalue weighted by Crippen LogP contribution is 2.18. The Morgan fingerprint density at radius 2 is 2.00 bits per heavy atom. The van der Waals surface area contributed by atoms with E-state index in [1.165, 1.54) is 0 Å². The van der Waals surface area contributed by atoms with Crippen molar-refractivity contribution in [3.63, 3.8) is 0 Å². The van der Waals surface area contributed by atoms with Crippen molar-refractivity contribution < 1.29 is 9.53 Å². The van der Waals surface area contributed by atoms with E-state index in [1.807, 2.05) is 36.5 Å². The SMILES string of the molecule is C[C@H](Oc1cccc(Cl)c1)C(=O)Nc1ccn(Cc2ccccc2)n1. The first kappa shape index (κ1) is 17.0. The van der Waals surface area contributed by atoms with Crippen LogP contribution in [0.15, 0.2) is 66.9 Å². The Morgan fingerprint density at radius 1 is 1.20 bits per heavy atom. The quantitative estimate of drug-likeness (QED) is 0.727. The summed E-state index contributed by atoms with van der Waals surface area (Å²) in [4.78, 5) is 12.3. The molecule has 0 saturated carbocycles. The Labute approximate surface area is 151 Å². The molecule has 0 fully saturated rings. The predicted octanol–water partition coefficient (Wildman–Crippen LogP) is 3.99. The zero-order chi connectivity index (χ0) is 17.6. The summed E-state index contributed by atoms with van der Waals surface area (Å²) in [6, 6.07) is 18.7. The molecule has 3 rings (SSSR count). The van der Waals surface area contributed by atoms with E-state index in [1.54, 1.807) is 41.9 Å². The lowest BCUT2D eigenvalue weighted by atomic mass is 10.2. The van der Waals surface area contributed by atoms with Crippen molar-refractivity contribution >= 4 is 23.3 Å². The molecule has 5 nitrogen and oxygen atoms in total. The number of anilines is 1. The second-order valence-corrected chi connectivity index (χ2v) is 6.03. The van der Waals surface area contributed by atoms with Crippen molar-refractivity contribution in [1.29, 1.82) is 0 Å². The van der Waals surface area contributed by atoms with Crippen molar-refractivity contribution in [3.8, 4) is 5.75 Å². The second kappa shape index (κ2) is 7.85. The van der Waals surface area contributed by atoms with Gasteiger partial charge in [0.2, 0.25) is 0 Å². The second-order valence-electron chi connectivity index (χ2n) is 5.59. The first-order valence-corrected chi connectivity index (χ1v) is 8.28. The van der Waals surface area contributed by atoms with Crippen molar-refractivity contribution in [1.82, 2.24) is 9.78 Å². The van der Waals surface area contributed by atoms with Crippen LogP contribution in [0.25, 0.3) is 0 Å². The van der Waals surface area contributed by atoms with Crippen molar-refractivity contribution in [3.05, 3.63) is 77.4 Å². The molecule has 128 valence electrons. The number of hydrogen-bond acceptors (Lipinski definition) is 3. The molecule has 1 N–H and O–H groups in total. The van der Waals surface area contributed by atoms with Crippen LogP contribution in [0.5, 0.6) is 5.75 Å². The number of aromatic nitrogens is 2. The van der Waals surface area contributed by atoms with Crippen LogP contribution in [-0.4, -0.2) is 21.8 Å². The maximum Gasteiger partial charge on any atom is 0.266 e. The highest BCUT2D eigenvalue weighted by molar-refractivity contribution is 6.30. The van der Waals surface area contributed by atoms with Gasteiger partial charge in [-0.05, 0) is 30.7 Å². The molecule has 0 unspecified atom stereocenters. The molecule has 1 atom stereocenters. The van der Waals surface area contributed by atoms with Gasteiger partial charge < -0.3 is 10.1 Å². The van der Waals surface area contributed by atoms with E-state index in [2.05, 4.69) is 10.4 Å². The van der Waals surface area contributed by atoms with Crippen molar-refractivity contribution in [2.75, 3.05) is 5.32 Å². The smallest absolute Gasteiger partial charge is 0.266 e. The molecule has 0 aliphatic rings. The van der Waals surface area contributed by atoms with E-state index in [0.717, 1.165) is 5.56 Å². The van der Waals surface area contributed by atoms with Crippen molar-refractivity contribution in [2.24, 2.45) is 0 Å². The molecule has 0 radical (unpaired) electrons. The van der Waals surface area contributed by atoms with E-state index >= 15 is 0 Å². The number of rotatable bonds is 6. The minimum Gasteiger partial charge on any atom is -0.481 e. The number of nitrogens with zero attached hydrogens (tertiary/aromatic N) is 2. The highest BCUT2D eigenvalue weighted by atomic mass is 35.5. The lowest BCUT2D eigenvalue weighted by Crippen LogP contribution is -2.30. The van der Waals surface area contributed by atoms with Crippen LogP contribution in [0.2, 0.25) is 5.02 Å². The molecule has 0 aliphatic carbocycles. The Kier molecular flexibility index (Phi) is 5.36. The lowest BCUT2D eigenvalue weighted by Gasteiger charge is -2.13. The number of benzene rings is 2. The highest BCUT2D eigenvalue weighted by Gasteiger charge is 2.16. The zero-order valence-corrected chi connectivity index (χ0v) is 14.5. The number of halogens is 1. The predicted molar refractivity (Wildman–Crippen MR) is 97.9 cm³/mol. The average molecular weight is 356 g/mol. The molecule has 0 spiro atoms. The number of amides is 1. The summed E-state index contributed by atoms with van der Waals surface area (Å²) in [7, 11) is 0. The zero-order valence-electron chi connectivity index (χ0n) is 13.7. The maximum absolute atomic E-state index is 12.3. The third-order valence-electron chi connectivity index (χ3n) is 3.56. The largest absolute Gasteiger partial charge is 0.481 e. The van der Waals surface area contributed by atoms with Crippen molar-refractivity contribution in [2.45, 2.75) is 19.6 Å². The van der Waals surface area contributed by atoms with Crippen LogP contribution in [0.3, 0.4) is 0 Å². The Morgan fingerprint density at radius 3 is 2.76 bits per heavy atom. The Hall–Kier alpha value is -2.79. The molecule has 2 aromatic carbocycles. The fraction of sp³-hybridized carbons (Fsp3) is 0.158. The summed E-state index contributed by atoms with van der Waals surface area (Å²) >= 11 is 5.91. The summed E-state index contributed by atoms with van der Waals surface area (Å²) in [5, 5.41) is 7.67. The number of carbonyl (C=O) groups is 1. The van der Waals surface area contributed by atoms with Crippen LogP contribution in [-0.2, 0) is 11.3 Å². The van der Waals surface area contributed by atoms with E-state index in [4.69, 9.17) is 16.3 Å². The summed E-state index contributed by atoms with van der Waals surface area (Å²) in [5.74, 6) is 0.761. The standard InChI is InChI=1S/C19H18ClN3O2/c1-14(25-17-9-5-8-16(20)12-17)19(24)21-18-10-11-23(22-18)13-15-6-3-2-4-7-15/h2-12,14H,13H2,1H3,(H,21,22,24)/t14-/m0/s1. The molecule has 1 amide bonds. The molecular weight excluding hydrogens is 338 g/mol. The maximum atomic E-state index is 12.3. The third kappa shape index (κ3) is 4.84. The van der Waals surface area contributed by atoms with Crippen LogP contribution < -0.4 is 10.1 Å². The molecule has 1 aromatic heterocycles. The van der Waals surface area contributed by atoms with Crippen LogP contribution >= 0.6 is 11.6 Å². The molecular formula is C19H18ClN3O2. The van der Waals surface area contributed by atoms with Gasteiger partial charge in [-0.2, -0.15) is 5.10 Å². The monoisotopic (exact) mass is 355 g/mol. The molecule has 0 saturated heterocycles. The molecule has 0 bridgehead atoms. The fourth-order valence-corrected chi connectivity index (χ4v) is 2.49. The van der Waals surface area contributed by atoms with Crippen LogP contribution in [0.4, 0.5) is 5.82 Å². The van der Waals surface area contributed by atoms with Gasteiger partial charge >= 0.3 is 0 Å². The normalized spacial score (nSPS) is 11.8. The minimum absolute atomic E-state index is 0.273. The molecule has 6 heteroatoms. The van der Waals surface area contributed by atoms with E-state index < -0.39 is 6.10 Å². The topological polar surface area (TPSA) is 56.1 Å². The van der Waals surface area contributed by atoms with Crippen LogP contribution in [0.1, 0.15) is 12.5 Å². The first-order chi connectivity index (χ1) is 12.1. The third-order valence-corrected chi connectivity index (χ3v) is 3.79. The fourth-order valence-electron chi connectivity index (χ4n) is 2.31. The van der Waals surface area contributed by atoms with Gasteiger partial charge in [-0.3, -0.25) is 9.48 Å². The minimum atomic E-state index is -0.669. The Balaban J connectivity index is 1.57. The van der Waals surface area contributed by atoms with Gasteiger partial charge in [-0.25, -0.2) is 0 Å². The van der Waals surface area contributed by atoms with Gasteiger partial charge in [-0.15, -0.1) is 0 Å². The van der Waals surface area contributed by atoms with Gasteiger partial charge in [0, 0.05) is 17.3 Å². The van der Waals surface area contributed by atoms with Crippen LogP contribution in [0, 0.1) is 0 Å². The number of hydrogen-bond donors (Lipinski definition) is 1. The van der Waals surface area contributed by atoms with E-state index in [0.29, 0.717) is 23.1 Å². The summed E-state index contributed by atoms with van der Waals surface area (Å²) < 4.78 is 7.37. The molecule has 1 heterocycles. The lowest BCUT2D eigenvalue weighted by molar-refractivity contribution is -0.122. The summed E-state index contributed by atoms with van der Waals surface area (Å²) in [5.41, 5.74) is 1.14. The average Bonchev–Trinajstić information content (AvgIpc) is 3.02. The van der Waals surface area contributed by atoms with E-state index in [-0.39, 0.29) is 5.91 Å². The summed E-state index contributed by atoms with van der Waals surface area (Å²) in [6.45, 7) is 2.32. The van der Waals surface area contributed by atoms with Gasteiger partial charge in [0.15, 0.2) is 11.9 Å². The van der Waals surface area contributed by atoms with Gasteiger partial charge in [0.1, 0.15) is 5.75 Å².